The van der Waals surface area contributed by atoms with Crippen molar-refractivity contribution in [1.82, 2.24) is 5.32 Å². The number of hydrogen-bond donors (Lipinski definition) is 1. The lowest BCUT2D eigenvalue weighted by molar-refractivity contribution is 0.778. The zero-order valence-corrected chi connectivity index (χ0v) is 7.15. The molecule has 1 nitrogen and oxygen atoms in total. The Hall–Kier alpha value is 0.400. The van der Waals surface area contributed by atoms with Crippen LogP contribution >= 0.6 is 24.0 Å². The van der Waals surface area contributed by atoms with Gasteiger partial charge in [-0.2, -0.15) is 0 Å². The third kappa shape index (κ3) is 1.92. The molecule has 1 fully saturated rings. The average Bonchev–Trinajstić information content (AvgIpc) is 2.37. The minimum Gasteiger partial charge on any atom is -0.309 e. The van der Waals surface area contributed by atoms with Gasteiger partial charge in [-0.1, -0.05) is 12.2 Å². The molecule has 1 saturated heterocycles. The summed E-state index contributed by atoms with van der Waals surface area (Å²) in [6.07, 6.45) is 4.56. The fourth-order valence-electron chi connectivity index (χ4n) is 1.03. The predicted molar refractivity (Wildman–Crippen MR) is 47.1 cm³/mol. The fraction of sp³-hybridized carbons (Fsp3) is 0.833. The van der Waals surface area contributed by atoms with Crippen LogP contribution < -0.4 is 5.32 Å². The second-order valence-corrected chi connectivity index (χ2v) is 3.72. The molecule has 1 aliphatic heterocycles. The van der Waals surface area contributed by atoms with Crippen molar-refractivity contribution in [3.63, 3.8) is 0 Å². The maximum absolute atomic E-state index is 5.12. The molecule has 52 valence electrons. The second-order valence-electron chi connectivity index (χ2n) is 2.17. The van der Waals surface area contributed by atoms with Crippen molar-refractivity contribution >= 4 is 28.2 Å². The molecule has 3 heteroatoms. The highest BCUT2D eigenvalue weighted by Gasteiger charge is 2.16. The summed E-state index contributed by atoms with van der Waals surface area (Å²) in [6, 6.07) is 0.523. The molecule has 1 N–H and O–H groups in total. The normalized spacial score (nSPS) is 26.6. The molecule has 1 heterocycles. The average molecular weight is 161 g/mol. The minimum atomic E-state index is 0.523. The van der Waals surface area contributed by atoms with E-state index in [4.69, 9.17) is 12.2 Å². The first-order chi connectivity index (χ1) is 4.34. The van der Waals surface area contributed by atoms with Crippen LogP contribution in [0.4, 0.5) is 0 Å². The summed E-state index contributed by atoms with van der Waals surface area (Å²) in [5.74, 6) is 0. The fourth-order valence-corrected chi connectivity index (χ4v) is 1.71. The van der Waals surface area contributed by atoms with E-state index in [1.54, 1.807) is 11.8 Å². The molecule has 0 amide bonds. The highest BCUT2D eigenvalue weighted by atomic mass is 32.2. The Morgan fingerprint density at radius 3 is 3.00 bits per heavy atom. The first-order valence-corrected chi connectivity index (χ1v) is 4.79. The summed E-state index contributed by atoms with van der Waals surface area (Å²) in [6.45, 7) is 1.14. The van der Waals surface area contributed by atoms with Gasteiger partial charge in [-0.25, -0.2) is 0 Å². The molecule has 1 rings (SSSR count). The van der Waals surface area contributed by atoms with Crippen LogP contribution in [-0.2, 0) is 0 Å². The maximum Gasteiger partial charge on any atom is 0.0645 e. The van der Waals surface area contributed by atoms with E-state index >= 15 is 0 Å². The number of thioether (sulfide) groups is 1. The van der Waals surface area contributed by atoms with E-state index in [2.05, 4.69) is 5.32 Å². The molecule has 0 aromatic carbocycles. The molecular formula is C6H11NS2. The zero-order chi connectivity index (χ0) is 6.69. The van der Waals surface area contributed by atoms with E-state index in [1.165, 1.54) is 12.8 Å². The summed E-state index contributed by atoms with van der Waals surface area (Å²) >= 11 is 6.81. The van der Waals surface area contributed by atoms with Crippen LogP contribution in [0.5, 0.6) is 0 Å². The van der Waals surface area contributed by atoms with E-state index in [1.807, 2.05) is 6.26 Å². The van der Waals surface area contributed by atoms with Gasteiger partial charge in [-0.15, -0.1) is 11.8 Å². The highest BCUT2D eigenvalue weighted by molar-refractivity contribution is 8.22. The monoisotopic (exact) mass is 161 g/mol. The Morgan fingerprint density at radius 1 is 1.78 bits per heavy atom. The van der Waals surface area contributed by atoms with Gasteiger partial charge in [-0.05, 0) is 25.6 Å². The van der Waals surface area contributed by atoms with Gasteiger partial charge in [0.2, 0.25) is 0 Å². The van der Waals surface area contributed by atoms with E-state index in [-0.39, 0.29) is 0 Å². The van der Waals surface area contributed by atoms with Crippen molar-refractivity contribution < 1.29 is 0 Å². The molecule has 0 saturated carbocycles. The Labute approximate surface area is 65.6 Å². The molecule has 0 radical (unpaired) electrons. The van der Waals surface area contributed by atoms with Gasteiger partial charge in [0.15, 0.2) is 0 Å². The summed E-state index contributed by atoms with van der Waals surface area (Å²) in [4.78, 5) is 0. The molecule has 0 spiro atoms. The summed E-state index contributed by atoms with van der Waals surface area (Å²) in [5, 5.41) is 3.35. The first-order valence-electron chi connectivity index (χ1n) is 3.16. The van der Waals surface area contributed by atoms with Crippen LogP contribution in [0.3, 0.4) is 0 Å². The molecule has 0 aromatic rings. The number of nitrogens with one attached hydrogen (secondary N) is 1. The smallest absolute Gasteiger partial charge is 0.0645 e. The van der Waals surface area contributed by atoms with Crippen molar-refractivity contribution in [1.29, 1.82) is 0 Å². The van der Waals surface area contributed by atoms with Crippen LogP contribution in [0.1, 0.15) is 12.8 Å². The molecule has 0 aromatic heterocycles. The van der Waals surface area contributed by atoms with Crippen LogP contribution in [0.25, 0.3) is 0 Å². The third-order valence-corrected chi connectivity index (χ3v) is 3.02. The molecule has 9 heavy (non-hydrogen) atoms. The van der Waals surface area contributed by atoms with E-state index in [0.717, 1.165) is 10.7 Å². The molecule has 1 atom stereocenters. The zero-order valence-electron chi connectivity index (χ0n) is 5.52. The summed E-state index contributed by atoms with van der Waals surface area (Å²) < 4.78 is 1.12. The van der Waals surface area contributed by atoms with Crippen molar-refractivity contribution in [2.75, 3.05) is 12.8 Å². The Morgan fingerprint density at radius 2 is 2.56 bits per heavy atom. The Balaban J connectivity index is 2.32. The first kappa shape index (κ1) is 7.51. The molecule has 0 unspecified atom stereocenters. The molecule has 0 bridgehead atoms. The largest absolute Gasteiger partial charge is 0.309 e. The van der Waals surface area contributed by atoms with Crippen LogP contribution in [0, 0.1) is 0 Å². The van der Waals surface area contributed by atoms with Gasteiger partial charge in [-0.3, -0.25) is 0 Å². The van der Waals surface area contributed by atoms with Gasteiger partial charge in [0.05, 0.1) is 4.20 Å². The Kier molecular flexibility index (Phi) is 2.95. The van der Waals surface area contributed by atoms with Gasteiger partial charge in [0, 0.05) is 6.04 Å². The minimum absolute atomic E-state index is 0.523. The van der Waals surface area contributed by atoms with Crippen molar-refractivity contribution in [3.8, 4) is 0 Å². The lowest BCUT2D eigenvalue weighted by Crippen LogP contribution is -2.27. The summed E-state index contributed by atoms with van der Waals surface area (Å²) in [7, 11) is 0. The Bertz CT molecular complexity index is 108. The third-order valence-electron chi connectivity index (χ3n) is 1.55. The predicted octanol–water partition coefficient (Wildman–Crippen LogP) is 1.43. The topological polar surface area (TPSA) is 12.0 Å². The van der Waals surface area contributed by atoms with Crippen molar-refractivity contribution in [3.05, 3.63) is 0 Å². The van der Waals surface area contributed by atoms with Crippen LogP contribution in [0.2, 0.25) is 0 Å². The molecule has 0 aliphatic carbocycles. The van der Waals surface area contributed by atoms with Gasteiger partial charge in [0.1, 0.15) is 0 Å². The number of hydrogen-bond acceptors (Lipinski definition) is 3. The van der Waals surface area contributed by atoms with Gasteiger partial charge < -0.3 is 5.32 Å². The lowest BCUT2D eigenvalue weighted by Gasteiger charge is -2.07. The standard InChI is InChI=1S/C6H11NS2/c1-9-6(8)5-3-2-4-7-5/h5,7H,2-4H2,1H3/t5-/m0/s1. The van der Waals surface area contributed by atoms with Crippen LogP contribution in [-0.4, -0.2) is 23.0 Å². The van der Waals surface area contributed by atoms with Gasteiger partial charge in [0.25, 0.3) is 0 Å². The SMILES string of the molecule is CSC(=S)[C@@H]1CCCN1. The van der Waals surface area contributed by atoms with E-state index in [0.29, 0.717) is 6.04 Å². The van der Waals surface area contributed by atoms with Crippen molar-refractivity contribution in [2.45, 2.75) is 18.9 Å². The number of thiocarbonyl (C=S) groups is 1. The van der Waals surface area contributed by atoms with E-state index < -0.39 is 0 Å². The highest BCUT2D eigenvalue weighted by Crippen LogP contribution is 2.12. The second kappa shape index (κ2) is 3.54. The van der Waals surface area contributed by atoms with Gasteiger partial charge >= 0.3 is 0 Å². The number of rotatable bonds is 1. The molecule has 1 aliphatic rings. The summed E-state index contributed by atoms with van der Waals surface area (Å²) in [5.41, 5.74) is 0. The molecular weight excluding hydrogens is 150 g/mol. The van der Waals surface area contributed by atoms with E-state index in [9.17, 15) is 0 Å². The lowest BCUT2D eigenvalue weighted by atomic mass is 10.3. The van der Waals surface area contributed by atoms with Crippen molar-refractivity contribution in [2.24, 2.45) is 0 Å². The van der Waals surface area contributed by atoms with Crippen LogP contribution in [0.15, 0.2) is 0 Å². The maximum atomic E-state index is 5.12. The quantitative estimate of drug-likeness (QED) is 0.584.